The van der Waals surface area contributed by atoms with Crippen LogP contribution in [0.4, 0.5) is 5.69 Å². The monoisotopic (exact) mass is 354 g/mol. The Balaban J connectivity index is 2.00. The molecule has 0 aromatic heterocycles. The summed E-state index contributed by atoms with van der Waals surface area (Å²) in [5, 5.41) is 2.67. The molecule has 1 amide bonds. The van der Waals surface area contributed by atoms with Gasteiger partial charge in [-0.05, 0) is 24.3 Å². The molecule has 0 atom stereocenters. The van der Waals surface area contributed by atoms with E-state index >= 15 is 0 Å². The van der Waals surface area contributed by atoms with E-state index in [0.29, 0.717) is 11.4 Å². The number of nitrogens with one attached hydrogen (secondary N) is 2. The van der Waals surface area contributed by atoms with E-state index in [0.717, 1.165) is 0 Å². The number of benzene rings is 2. The van der Waals surface area contributed by atoms with Crippen molar-refractivity contribution in [3.8, 4) is 5.75 Å². The fourth-order valence-corrected chi connectivity index (χ4v) is 3.31. The molecule has 0 spiro atoms. The van der Waals surface area contributed by atoms with E-state index in [9.17, 15) is 13.2 Å². The Morgan fingerprint density at radius 1 is 1.17 bits per heavy atom. The molecule has 6 nitrogen and oxygen atoms in total. The van der Waals surface area contributed by atoms with Crippen LogP contribution in [0.1, 0.15) is 0 Å². The van der Waals surface area contributed by atoms with Crippen LogP contribution in [-0.4, -0.2) is 28.0 Å². The summed E-state index contributed by atoms with van der Waals surface area (Å²) in [7, 11) is -2.35. The lowest BCUT2D eigenvalue weighted by Crippen LogP contribution is -2.33. The SMILES string of the molecule is COc1cccc(NC(=O)CNS(=O)(=O)c2ccccc2Cl)c1. The molecule has 0 saturated heterocycles. The van der Waals surface area contributed by atoms with Crippen molar-refractivity contribution in [3.63, 3.8) is 0 Å². The van der Waals surface area contributed by atoms with Crippen molar-refractivity contribution in [3.05, 3.63) is 53.6 Å². The summed E-state index contributed by atoms with van der Waals surface area (Å²) in [6.07, 6.45) is 0. The Bertz CT molecular complexity index is 809. The van der Waals surface area contributed by atoms with Gasteiger partial charge in [-0.25, -0.2) is 13.1 Å². The van der Waals surface area contributed by atoms with Gasteiger partial charge >= 0.3 is 0 Å². The van der Waals surface area contributed by atoms with Crippen LogP contribution in [-0.2, 0) is 14.8 Å². The summed E-state index contributed by atoms with van der Waals surface area (Å²) in [6, 6.07) is 12.7. The van der Waals surface area contributed by atoms with Crippen molar-refractivity contribution in [2.45, 2.75) is 4.90 Å². The van der Waals surface area contributed by atoms with Gasteiger partial charge in [0.15, 0.2) is 0 Å². The predicted octanol–water partition coefficient (Wildman–Crippen LogP) is 2.27. The van der Waals surface area contributed by atoms with Gasteiger partial charge in [0, 0.05) is 11.8 Å². The number of halogens is 1. The largest absolute Gasteiger partial charge is 0.497 e. The summed E-state index contributed by atoms with van der Waals surface area (Å²) in [5.41, 5.74) is 0.506. The van der Waals surface area contributed by atoms with Crippen LogP contribution >= 0.6 is 11.6 Å². The number of rotatable bonds is 6. The number of carbonyl (C=O) groups excluding carboxylic acids is 1. The van der Waals surface area contributed by atoms with Gasteiger partial charge in [-0.3, -0.25) is 4.79 Å². The number of methoxy groups -OCH3 is 1. The first kappa shape index (κ1) is 17.3. The Morgan fingerprint density at radius 3 is 2.61 bits per heavy atom. The number of amides is 1. The van der Waals surface area contributed by atoms with E-state index in [1.807, 2.05) is 0 Å². The molecule has 2 aromatic rings. The van der Waals surface area contributed by atoms with Gasteiger partial charge in [-0.15, -0.1) is 0 Å². The Kier molecular flexibility index (Phi) is 5.59. The van der Waals surface area contributed by atoms with Gasteiger partial charge in [-0.1, -0.05) is 29.8 Å². The minimum absolute atomic E-state index is 0.0733. The molecule has 23 heavy (non-hydrogen) atoms. The number of hydrogen-bond acceptors (Lipinski definition) is 4. The van der Waals surface area contributed by atoms with Gasteiger partial charge in [0.05, 0.1) is 18.7 Å². The van der Waals surface area contributed by atoms with E-state index < -0.39 is 22.5 Å². The van der Waals surface area contributed by atoms with Crippen molar-refractivity contribution in [2.24, 2.45) is 0 Å². The molecule has 122 valence electrons. The first-order valence-electron chi connectivity index (χ1n) is 6.60. The third kappa shape index (κ3) is 4.69. The van der Waals surface area contributed by atoms with E-state index in [1.165, 1.54) is 19.2 Å². The highest BCUT2D eigenvalue weighted by molar-refractivity contribution is 7.89. The first-order chi connectivity index (χ1) is 10.9. The predicted molar refractivity (Wildman–Crippen MR) is 88.3 cm³/mol. The standard InChI is InChI=1S/C15H15ClN2O4S/c1-22-12-6-4-5-11(9-12)18-15(19)10-17-23(20,21)14-8-3-2-7-13(14)16/h2-9,17H,10H2,1H3,(H,18,19). The summed E-state index contributed by atoms with van der Waals surface area (Å²) in [4.78, 5) is 11.8. The molecule has 0 aliphatic carbocycles. The van der Waals surface area contributed by atoms with Gasteiger partial charge in [0.1, 0.15) is 10.6 Å². The van der Waals surface area contributed by atoms with Gasteiger partial charge in [0.2, 0.25) is 15.9 Å². The number of anilines is 1. The van der Waals surface area contributed by atoms with Crippen molar-refractivity contribution < 1.29 is 17.9 Å². The van der Waals surface area contributed by atoms with Crippen molar-refractivity contribution in [1.29, 1.82) is 0 Å². The number of ether oxygens (including phenoxy) is 1. The first-order valence-corrected chi connectivity index (χ1v) is 8.46. The molecule has 2 rings (SSSR count). The van der Waals surface area contributed by atoms with Crippen LogP contribution in [0.15, 0.2) is 53.4 Å². The molecule has 0 aliphatic rings. The third-order valence-corrected chi connectivity index (χ3v) is 4.80. The highest BCUT2D eigenvalue weighted by Crippen LogP contribution is 2.20. The lowest BCUT2D eigenvalue weighted by Gasteiger charge is -2.09. The fourth-order valence-electron chi connectivity index (χ4n) is 1.81. The van der Waals surface area contributed by atoms with Crippen LogP contribution in [0.5, 0.6) is 5.75 Å². The average Bonchev–Trinajstić information content (AvgIpc) is 2.53. The maximum atomic E-state index is 12.1. The zero-order valence-corrected chi connectivity index (χ0v) is 13.8. The van der Waals surface area contributed by atoms with Crippen molar-refractivity contribution in [2.75, 3.05) is 19.0 Å². The summed E-state index contributed by atoms with van der Waals surface area (Å²) in [6.45, 7) is -0.412. The average molecular weight is 355 g/mol. The molecule has 0 unspecified atom stereocenters. The van der Waals surface area contributed by atoms with Crippen LogP contribution < -0.4 is 14.8 Å². The lowest BCUT2D eigenvalue weighted by molar-refractivity contribution is -0.115. The van der Waals surface area contributed by atoms with Gasteiger partial charge in [-0.2, -0.15) is 0 Å². The van der Waals surface area contributed by atoms with Crippen molar-refractivity contribution >= 4 is 33.2 Å². The molecule has 0 fully saturated rings. The van der Waals surface area contributed by atoms with Crippen LogP contribution in [0.3, 0.4) is 0 Å². The van der Waals surface area contributed by atoms with Gasteiger partial charge in [0.25, 0.3) is 0 Å². The molecular formula is C15H15ClN2O4S. The zero-order valence-electron chi connectivity index (χ0n) is 12.2. The molecule has 2 aromatic carbocycles. The number of hydrogen-bond donors (Lipinski definition) is 2. The van der Waals surface area contributed by atoms with E-state index in [4.69, 9.17) is 16.3 Å². The second kappa shape index (κ2) is 7.45. The Labute approximate surface area is 139 Å². The summed E-state index contributed by atoms with van der Waals surface area (Å²) in [5.74, 6) is 0.0772. The Morgan fingerprint density at radius 2 is 1.91 bits per heavy atom. The third-order valence-electron chi connectivity index (χ3n) is 2.90. The highest BCUT2D eigenvalue weighted by Gasteiger charge is 2.18. The number of carbonyl (C=O) groups is 1. The maximum absolute atomic E-state index is 12.1. The van der Waals surface area contributed by atoms with Crippen LogP contribution in [0, 0.1) is 0 Å². The number of sulfonamides is 1. The summed E-state index contributed by atoms with van der Waals surface area (Å²) < 4.78 is 31.5. The molecule has 2 N–H and O–H groups in total. The zero-order chi connectivity index (χ0) is 16.9. The van der Waals surface area contributed by atoms with Gasteiger partial charge < -0.3 is 10.1 Å². The van der Waals surface area contributed by atoms with Crippen LogP contribution in [0.25, 0.3) is 0 Å². The molecule has 0 saturated carbocycles. The smallest absolute Gasteiger partial charge is 0.242 e. The normalized spacial score (nSPS) is 11.0. The minimum atomic E-state index is -3.86. The second-order valence-corrected chi connectivity index (χ2v) is 6.68. The molecule has 0 bridgehead atoms. The molecule has 0 heterocycles. The fraction of sp³-hybridized carbons (Fsp3) is 0.133. The molecular weight excluding hydrogens is 340 g/mol. The second-order valence-electron chi connectivity index (χ2n) is 4.54. The van der Waals surface area contributed by atoms with E-state index in [2.05, 4.69) is 10.0 Å². The topological polar surface area (TPSA) is 84.5 Å². The van der Waals surface area contributed by atoms with Crippen molar-refractivity contribution in [1.82, 2.24) is 4.72 Å². The Hall–Kier alpha value is -2.09. The van der Waals surface area contributed by atoms with E-state index in [1.54, 1.807) is 36.4 Å². The maximum Gasteiger partial charge on any atom is 0.242 e. The molecule has 0 aliphatic heterocycles. The lowest BCUT2D eigenvalue weighted by atomic mass is 10.3. The quantitative estimate of drug-likeness (QED) is 0.833. The molecule has 8 heteroatoms. The molecule has 0 radical (unpaired) electrons. The van der Waals surface area contributed by atoms with Crippen LogP contribution in [0.2, 0.25) is 5.02 Å². The highest BCUT2D eigenvalue weighted by atomic mass is 35.5. The minimum Gasteiger partial charge on any atom is -0.497 e. The van der Waals surface area contributed by atoms with E-state index in [-0.39, 0.29) is 9.92 Å². The summed E-state index contributed by atoms with van der Waals surface area (Å²) >= 11 is 5.85.